The Labute approximate surface area is 120 Å². The normalized spacial score (nSPS) is 14.7. The third-order valence-electron chi connectivity index (χ3n) is 3.66. The average molecular weight is 264 g/mol. The van der Waals surface area contributed by atoms with Gasteiger partial charge in [-0.15, -0.1) is 0 Å². The van der Waals surface area contributed by atoms with Crippen LogP contribution in [-0.2, 0) is 6.42 Å². The fraction of sp³-hybridized carbons (Fsp3) is 0.278. The van der Waals surface area contributed by atoms with Gasteiger partial charge in [0.1, 0.15) is 5.84 Å². The summed E-state index contributed by atoms with van der Waals surface area (Å²) in [6.45, 7) is 0.961. The molecule has 0 radical (unpaired) electrons. The maximum absolute atomic E-state index is 4.58. The molecule has 0 amide bonds. The van der Waals surface area contributed by atoms with Gasteiger partial charge >= 0.3 is 0 Å². The fourth-order valence-corrected chi connectivity index (χ4v) is 2.57. The number of hydrogen-bond acceptors (Lipinski definition) is 2. The molecular formula is C18H20N2. The Hall–Kier alpha value is -2.09. The van der Waals surface area contributed by atoms with Gasteiger partial charge in [0.15, 0.2) is 0 Å². The second-order valence-corrected chi connectivity index (χ2v) is 5.23. The summed E-state index contributed by atoms with van der Waals surface area (Å²) in [6, 6.07) is 19.1. The molecule has 20 heavy (non-hydrogen) atoms. The van der Waals surface area contributed by atoms with E-state index < -0.39 is 0 Å². The molecule has 0 saturated heterocycles. The highest BCUT2D eigenvalue weighted by molar-refractivity contribution is 5.96. The van der Waals surface area contributed by atoms with Crippen molar-refractivity contribution in [2.24, 2.45) is 4.99 Å². The highest BCUT2D eigenvalue weighted by Gasteiger charge is 2.08. The van der Waals surface area contributed by atoms with E-state index in [9.17, 15) is 0 Å². The van der Waals surface area contributed by atoms with E-state index in [0.717, 1.165) is 25.2 Å². The lowest BCUT2D eigenvalue weighted by atomic mass is 10.0. The SMILES string of the molecule is c1ccc(Cc2ccccc2NC2=NCCCC2)cc1. The Balaban J connectivity index is 1.79. The molecule has 3 rings (SSSR count). The van der Waals surface area contributed by atoms with Gasteiger partial charge in [-0.25, -0.2) is 0 Å². The number of nitrogens with one attached hydrogen (secondary N) is 1. The van der Waals surface area contributed by atoms with Gasteiger partial charge in [0.25, 0.3) is 0 Å². The molecule has 0 saturated carbocycles. The van der Waals surface area contributed by atoms with Crippen molar-refractivity contribution in [3.8, 4) is 0 Å². The number of nitrogens with zero attached hydrogens (tertiary/aromatic N) is 1. The second-order valence-electron chi connectivity index (χ2n) is 5.23. The van der Waals surface area contributed by atoms with Crippen molar-refractivity contribution in [2.75, 3.05) is 11.9 Å². The number of anilines is 1. The van der Waals surface area contributed by atoms with Gasteiger partial charge in [0.2, 0.25) is 0 Å². The number of rotatable bonds is 3. The largest absolute Gasteiger partial charge is 0.344 e. The molecule has 1 heterocycles. The molecule has 2 aromatic carbocycles. The fourth-order valence-electron chi connectivity index (χ4n) is 2.57. The summed E-state index contributed by atoms with van der Waals surface area (Å²) in [5, 5.41) is 3.52. The molecule has 0 bridgehead atoms. The van der Waals surface area contributed by atoms with Gasteiger partial charge < -0.3 is 5.32 Å². The van der Waals surface area contributed by atoms with Gasteiger partial charge in [-0.1, -0.05) is 48.5 Å². The summed E-state index contributed by atoms with van der Waals surface area (Å²) in [5.41, 5.74) is 3.86. The third-order valence-corrected chi connectivity index (χ3v) is 3.66. The summed E-state index contributed by atoms with van der Waals surface area (Å²) >= 11 is 0. The molecule has 2 nitrogen and oxygen atoms in total. The Bertz CT molecular complexity index is 587. The Morgan fingerprint density at radius 3 is 2.50 bits per heavy atom. The first-order valence-electron chi connectivity index (χ1n) is 7.34. The third kappa shape index (κ3) is 3.27. The van der Waals surface area contributed by atoms with E-state index in [0.29, 0.717) is 0 Å². The van der Waals surface area contributed by atoms with Crippen LogP contribution in [0.4, 0.5) is 5.69 Å². The van der Waals surface area contributed by atoms with E-state index in [4.69, 9.17) is 0 Å². The van der Waals surface area contributed by atoms with Crippen LogP contribution in [0, 0.1) is 0 Å². The summed E-state index contributed by atoms with van der Waals surface area (Å²) < 4.78 is 0. The number of benzene rings is 2. The van der Waals surface area contributed by atoms with Crippen LogP contribution < -0.4 is 5.32 Å². The zero-order valence-corrected chi connectivity index (χ0v) is 11.7. The molecule has 0 aliphatic carbocycles. The monoisotopic (exact) mass is 264 g/mol. The Morgan fingerprint density at radius 1 is 0.900 bits per heavy atom. The van der Waals surface area contributed by atoms with Gasteiger partial charge in [0, 0.05) is 18.7 Å². The number of aliphatic imine (C=N–C) groups is 1. The van der Waals surface area contributed by atoms with Crippen molar-refractivity contribution in [1.82, 2.24) is 0 Å². The predicted octanol–water partition coefficient (Wildman–Crippen LogP) is 4.27. The smallest absolute Gasteiger partial charge is 0.101 e. The van der Waals surface area contributed by atoms with E-state index >= 15 is 0 Å². The summed E-state index contributed by atoms with van der Waals surface area (Å²) in [5.74, 6) is 1.14. The quantitative estimate of drug-likeness (QED) is 0.879. The van der Waals surface area contributed by atoms with Crippen LogP contribution in [0.2, 0.25) is 0 Å². The summed E-state index contributed by atoms with van der Waals surface area (Å²) in [7, 11) is 0. The van der Waals surface area contributed by atoms with Gasteiger partial charge in [-0.3, -0.25) is 4.99 Å². The highest BCUT2D eigenvalue weighted by atomic mass is 15.0. The van der Waals surface area contributed by atoms with Crippen LogP contribution in [0.1, 0.15) is 30.4 Å². The molecule has 1 N–H and O–H groups in total. The first-order chi connectivity index (χ1) is 9.92. The zero-order chi connectivity index (χ0) is 13.6. The topological polar surface area (TPSA) is 24.4 Å². The molecule has 0 atom stereocenters. The zero-order valence-electron chi connectivity index (χ0n) is 11.7. The van der Waals surface area contributed by atoms with Crippen molar-refractivity contribution in [3.63, 3.8) is 0 Å². The first kappa shape index (κ1) is 12.9. The number of amidine groups is 1. The van der Waals surface area contributed by atoms with Gasteiger partial charge in [0.05, 0.1) is 0 Å². The van der Waals surface area contributed by atoms with E-state index in [1.807, 2.05) is 0 Å². The molecule has 1 aliphatic heterocycles. The highest BCUT2D eigenvalue weighted by Crippen LogP contribution is 2.20. The molecule has 102 valence electrons. The van der Waals surface area contributed by atoms with Crippen LogP contribution in [-0.4, -0.2) is 12.4 Å². The molecule has 2 heteroatoms. The van der Waals surface area contributed by atoms with Crippen molar-refractivity contribution >= 4 is 11.5 Å². The lowest BCUT2D eigenvalue weighted by molar-refractivity contribution is 0.737. The number of para-hydroxylation sites is 1. The van der Waals surface area contributed by atoms with E-state index in [1.165, 1.54) is 29.7 Å². The minimum Gasteiger partial charge on any atom is -0.344 e. The molecule has 0 unspecified atom stereocenters. The minimum atomic E-state index is 0.956. The van der Waals surface area contributed by atoms with Crippen LogP contribution in [0.15, 0.2) is 59.6 Å². The maximum atomic E-state index is 4.58. The standard InChI is InChI=1S/C18H20N2/c1-2-8-15(9-3-1)14-16-10-4-5-11-17(16)20-18-12-6-7-13-19-18/h1-5,8-11H,6-7,12-14H2,(H,19,20). The predicted molar refractivity (Wildman–Crippen MR) is 85.5 cm³/mol. The van der Waals surface area contributed by atoms with Gasteiger partial charge in [-0.05, 0) is 36.5 Å². The van der Waals surface area contributed by atoms with E-state index in [-0.39, 0.29) is 0 Å². The minimum absolute atomic E-state index is 0.956. The van der Waals surface area contributed by atoms with Crippen molar-refractivity contribution in [3.05, 3.63) is 65.7 Å². The molecule has 0 aromatic heterocycles. The van der Waals surface area contributed by atoms with Crippen LogP contribution in [0.5, 0.6) is 0 Å². The molecule has 1 aliphatic rings. The average Bonchev–Trinajstić information content (AvgIpc) is 2.51. The van der Waals surface area contributed by atoms with Crippen LogP contribution >= 0.6 is 0 Å². The lowest BCUT2D eigenvalue weighted by Crippen LogP contribution is -2.17. The number of hydrogen-bond donors (Lipinski definition) is 1. The maximum Gasteiger partial charge on any atom is 0.101 e. The molecule has 0 fully saturated rings. The molecule has 0 spiro atoms. The first-order valence-corrected chi connectivity index (χ1v) is 7.34. The van der Waals surface area contributed by atoms with E-state index in [2.05, 4.69) is 64.9 Å². The summed E-state index contributed by atoms with van der Waals surface area (Å²) in [4.78, 5) is 4.58. The van der Waals surface area contributed by atoms with Crippen molar-refractivity contribution in [2.45, 2.75) is 25.7 Å². The van der Waals surface area contributed by atoms with Crippen LogP contribution in [0.25, 0.3) is 0 Å². The van der Waals surface area contributed by atoms with Crippen molar-refractivity contribution in [1.29, 1.82) is 0 Å². The molecular weight excluding hydrogens is 244 g/mol. The van der Waals surface area contributed by atoms with Gasteiger partial charge in [-0.2, -0.15) is 0 Å². The second kappa shape index (κ2) is 6.38. The Kier molecular flexibility index (Phi) is 4.12. The lowest BCUT2D eigenvalue weighted by Gasteiger charge is -2.16. The van der Waals surface area contributed by atoms with Crippen LogP contribution in [0.3, 0.4) is 0 Å². The summed E-state index contributed by atoms with van der Waals surface area (Å²) in [6.07, 6.45) is 4.49. The Morgan fingerprint density at radius 2 is 1.70 bits per heavy atom. The molecule has 2 aromatic rings. The van der Waals surface area contributed by atoms with Crippen molar-refractivity contribution < 1.29 is 0 Å². The van der Waals surface area contributed by atoms with E-state index in [1.54, 1.807) is 0 Å².